The molecule has 1 rings (SSSR count). The molecule has 12 heavy (non-hydrogen) atoms. The molecular weight excluding hydrogens is 157 g/mol. The Kier molecular flexibility index (Phi) is 4.61. The number of hydrogen-bond donors (Lipinski definition) is 0. The molecule has 5 heteroatoms. The van der Waals surface area contributed by atoms with Crippen LogP contribution < -0.4 is 0 Å². The van der Waals surface area contributed by atoms with E-state index in [0.717, 1.165) is 26.2 Å². The monoisotopic (exact) mass is 173 g/mol. The summed E-state index contributed by atoms with van der Waals surface area (Å²) in [5.74, 6) is 0. The normalized spacial score (nSPS) is 18.8. The van der Waals surface area contributed by atoms with E-state index in [2.05, 4.69) is 4.90 Å². The molecule has 0 N–H and O–H groups in total. The van der Waals surface area contributed by atoms with Gasteiger partial charge in [-0.3, -0.25) is 0 Å². The van der Waals surface area contributed by atoms with E-state index < -0.39 is 7.32 Å². The van der Waals surface area contributed by atoms with Gasteiger partial charge in [0.1, 0.15) is 0 Å². The molecule has 0 radical (unpaired) electrons. The Labute approximate surface area is 74.0 Å². The van der Waals surface area contributed by atoms with E-state index in [1.165, 1.54) is 0 Å². The highest BCUT2D eigenvalue weighted by Gasteiger charge is 2.23. The van der Waals surface area contributed by atoms with Gasteiger partial charge >= 0.3 is 7.32 Å². The van der Waals surface area contributed by atoms with Crippen LogP contribution in [0, 0.1) is 0 Å². The van der Waals surface area contributed by atoms with Gasteiger partial charge < -0.3 is 18.9 Å². The second-order valence-electron chi connectivity index (χ2n) is 3.06. The lowest BCUT2D eigenvalue weighted by molar-refractivity contribution is 0.0499. The number of likely N-dealkylation sites (N-methyl/N-ethyl adjacent to an activating group) is 1. The summed E-state index contributed by atoms with van der Waals surface area (Å²) in [6.07, 6.45) is 0.966. The summed E-state index contributed by atoms with van der Waals surface area (Å²) in [5.41, 5.74) is 0. The first-order valence-electron chi connectivity index (χ1n) is 4.28. The number of nitrogens with zero attached hydrogens (tertiary/aromatic N) is 1. The zero-order valence-electron chi connectivity index (χ0n) is 7.78. The highest BCUT2D eigenvalue weighted by Crippen LogP contribution is 2.01. The Morgan fingerprint density at radius 3 is 2.58 bits per heavy atom. The Morgan fingerprint density at radius 1 is 1.33 bits per heavy atom. The van der Waals surface area contributed by atoms with Crippen LogP contribution in [0.25, 0.3) is 0 Å². The molecule has 1 aliphatic heterocycles. The lowest BCUT2D eigenvalue weighted by Gasteiger charge is -2.19. The van der Waals surface area contributed by atoms with Gasteiger partial charge in [0.2, 0.25) is 0 Å². The summed E-state index contributed by atoms with van der Waals surface area (Å²) in [4.78, 5) is 2.06. The van der Waals surface area contributed by atoms with E-state index in [1.807, 2.05) is 14.1 Å². The second kappa shape index (κ2) is 5.53. The molecule has 1 heterocycles. The standard InChI is InChI=1S/C7H16BNO3/c1-9(2)4-7-12-8-10-5-3-6-11-8/h3-7H2,1-2H3. The van der Waals surface area contributed by atoms with Crippen LogP contribution in [0.4, 0.5) is 0 Å². The van der Waals surface area contributed by atoms with Gasteiger partial charge in [0.25, 0.3) is 0 Å². The fourth-order valence-electron chi connectivity index (χ4n) is 0.894. The molecule has 0 atom stereocenters. The molecule has 0 saturated carbocycles. The van der Waals surface area contributed by atoms with Crippen molar-refractivity contribution < 1.29 is 14.0 Å². The van der Waals surface area contributed by atoms with Crippen molar-refractivity contribution in [2.24, 2.45) is 0 Å². The van der Waals surface area contributed by atoms with Crippen molar-refractivity contribution in [1.82, 2.24) is 4.90 Å². The summed E-state index contributed by atoms with van der Waals surface area (Å²) >= 11 is 0. The van der Waals surface area contributed by atoms with E-state index in [0.29, 0.717) is 6.61 Å². The molecule has 0 aromatic carbocycles. The first-order valence-corrected chi connectivity index (χ1v) is 4.28. The molecule has 4 nitrogen and oxygen atoms in total. The van der Waals surface area contributed by atoms with Crippen molar-refractivity contribution >= 4 is 7.32 Å². The molecule has 70 valence electrons. The molecule has 0 aromatic rings. The third kappa shape index (κ3) is 4.06. The van der Waals surface area contributed by atoms with Crippen LogP contribution >= 0.6 is 0 Å². The van der Waals surface area contributed by atoms with Gasteiger partial charge in [-0.1, -0.05) is 0 Å². The SMILES string of the molecule is CN(C)CCOB1OCCCO1. The topological polar surface area (TPSA) is 30.9 Å². The fraction of sp³-hybridized carbons (Fsp3) is 1.00. The first kappa shape index (κ1) is 9.99. The predicted octanol–water partition coefficient (Wildman–Crippen LogP) is -0.0136. The highest BCUT2D eigenvalue weighted by molar-refractivity contribution is 6.36. The van der Waals surface area contributed by atoms with Gasteiger partial charge in [0.15, 0.2) is 0 Å². The minimum atomic E-state index is -0.432. The van der Waals surface area contributed by atoms with Crippen molar-refractivity contribution in [2.75, 3.05) is 40.5 Å². The largest absolute Gasteiger partial charge is 0.639 e. The van der Waals surface area contributed by atoms with Crippen LogP contribution in [-0.4, -0.2) is 52.7 Å². The lowest BCUT2D eigenvalue weighted by Crippen LogP contribution is -2.34. The molecule has 0 aromatic heterocycles. The van der Waals surface area contributed by atoms with Gasteiger partial charge in [-0.25, -0.2) is 0 Å². The molecule has 0 bridgehead atoms. The van der Waals surface area contributed by atoms with Crippen LogP contribution in [0.2, 0.25) is 0 Å². The highest BCUT2D eigenvalue weighted by atomic mass is 16.7. The molecular formula is C7H16BNO3. The van der Waals surface area contributed by atoms with Crippen LogP contribution in [-0.2, 0) is 14.0 Å². The van der Waals surface area contributed by atoms with Gasteiger partial charge in [-0.2, -0.15) is 0 Å². The summed E-state index contributed by atoms with van der Waals surface area (Å²) in [6.45, 7) is 3.03. The summed E-state index contributed by atoms with van der Waals surface area (Å²) in [6, 6.07) is 0. The van der Waals surface area contributed by atoms with Crippen LogP contribution in [0.3, 0.4) is 0 Å². The zero-order valence-corrected chi connectivity index (χ0v) is 7.78. The minimum Gasteiger partial charge on any atom is -0.386 e. The van der Waals surface area contributed by atoms with Crippen molar-refractivity contribution in [3.05, 3.63) is 0 Å². The van der Waals surface area contributed by atoms with E-state index in [9.17, 15) is 0 Å². The van der Waals surface area contributed by atoms with E-state index >= 15 is 0 Å². The summed E-state index contributed by atoms with van der Waals surface area (Å²) in [7, 11) is 3.58. The predicted molar refractivity (Wildman–Crippen MR) is 46.8 cm³/mol. The fourth-order valence-corrected chi connectivity index (χ4v) is 0.894. The van der Waals surface area contributed by atoms with Crippen molar-refractivity contribution in [2.45, 2.75) is 6.42 Å². The number of hydrogen-bond acceptors (Lipinski definition) is 4. The quantitative estimate of drug-likeness (QED) is 0.559. The summed E-state index contributed by atoms with van der Waals surface area (Å²) in [5, 5.41) is 0. The molecule has 0 aliphatic carbocycles. The van der Waals surface area contributed by atoms with E-state index in [1.54, 1.807) is 0 Å². The van der Waals surface area contributed by atoms with Crippen molar-refractivity contribution in [3.8, 4) is 0 Å². The molecule has 0 spiro atoms. The average molecular weight is 173 g/mol. The molecule has 0 amide bonds. The average Bonchev–Trinajstić information content (AvgIpc) is 2.05. The van der Waals surface area contributed by atoms with Crippen LogP contribution in [0.15, 0.2) is 0 Å². The first-order chi connectivity index (χ1) is 5.79. The third-order valence-corrected chi connectivity index (χ3v) is 1.59. The van der Waals surface area contributed by atoms with Crippen molar-refractivity contribution in [1.29, 1.82) is 0 Å². The Balaban J connectivity index is 1.98. The lowest BCUT2D eigenvalue weighted by atomic mass is 10.2. The Hall–Kier alpha value is -0.0951. The van der Waals surface area contributed by atoms with E-state index in [4.69, 9.17) is 14.0 Å². The van der Waals surface area contributed by atoms with Gasteiger partial charge in [-0.15, -0.1) is 0 Å². The summed E-state index contributed by atoms with van der Waals surface area (Å²) < 4.78 is 15.7. The van der Waals surface area contributed by atoms with Crippen molar-refractivity contribution in [3.63, 3.8) is 0 Å². The van der Waals surface area contributed by atoms with Gasteiger partial charge in [0, 0.05) is 26.4 Å². The van der Waals surface area contributed by atoms with Gasteiger partial charge in [0.05, 0.1) is 0 Å². The maximum absolute atomic E-state index is 5.31. The minimum absolute atomic E-state index is 0.432. The van der Waals surface area contributed by atoms with E-state index in [-0.39, 0.29) is 0 Å². The maximum Gasteiger partial charge on any atom is 0.639 e. The smallest absolute Gasteiger partial charge is 0.386 e. The Morgan fingerprint density at radius 2 is 2.00 bits per heavy atom. The van der Waals surface area contributed by atoms with Crippen LogP contribution in [0.1, 0.15) is 6.42 Å². The molecule has 0 unspecified atom stereocenters. The maximum atomic E-state index is 5.31. The van der Waals surface area contributed by atoms with Crippen LogP contribution in [0.5, 0.6) is 0 Å². The van der Waals surface area contributed by atoms with Gasteiger partial charge in [-0.05, 0) is 20.5 Å². The molecule has 1 saturated heterocycles. The number of rotatable bonds is 4. The second-order valence-corrected chi connectivity index (χ2v) is 3.06. The Bertz CT molecular complexity index is 117. The third-order valence-electron chi connectivity index (χ3n) is 1.59. The molecule has 1 fully saturated rings. The zero-order chi connectivity index (χ0) is 8.81. The molecule has 1 aliphatic rings.